The lowest BCUT2D eigenvalue weighted by Crippen LogP contribution is -2.45. The third-order valence-corrected chi connectivity index (χ3v) is 3.93. The number of hydrogen-bond donors (Lipinski definition) is 1. The van der Waals surface area contributed by atoms with E-state index >= 15 is 0 Å². The zero-order chi connectivity index (χ0) is 15.8. The summed E-state index contributed by atoms with van der Waals surface area (Å²) in [5.41, 5.74) is 2.71. The number of likely N-dealkylation sites (tertiary alicyclic amines) is 1. The van der Waals surface area contributed by atoms with Crippen molar-refractivity contribution in [3.8, 4) is 11.3 Å². The highest BCUT2D eigenvalue weighted by Gasteiger charge is 2.25. The van der Waals surface area contributed by atoms with E-state index in [2.05, 4.69) is 37.4 Å². The number of anilines is 2. The quantitative estimate of drug-likeness (QED) is 0.783. The number of nitrogens with one attached hydrogen (secondary N) is 1. The molecule has 8 heteroatoms. The summed E-state index contributed by atoms with van der Waals surface area (Å²) in [5.74, 6) is 0.548. The minimum atomic E-state index is 0.462. The van der Waals surface area contributed by atoms with Gasteiger partial charge in [-0.1, -0.05) is 0 Å². The fraction of sp³-hybridized carbons (Fsp3) is 0.333. The smallest absolute Gasteiger partial charge is 0.227 e. The van der Waals surface area contributed by atoms with Crippen LogP contribution in [0.2, 0.25) is 0 Å². The zero-order valence-electron chi connectivity index (χ0n) is 13.1. The van der Waals surface area contributed by atoms with Crippen molar-refractivity contribution in [1.29, 1.82) is 0 Å². The Hall–Kier alpha value is -2.74. The van der Waals surface area contributed by atoms with Crippen molar-refractivity contribution in [1.82, 2.24) is 34.4 Å². The van der Waals surface area contributed by atoms with Crippen molar-refractivity contribution >= 4 is 11.6 Å². The Morgan fingerprint density at radius 3 is 2.74 bits per heavy atom. The van der Waals surface area contributed by atoms with E-state index in [1.165, 1.54) is 0 Å². The van der Waals surface area contributed by atoms with Crippen molar-refractivity contribution in [2.45, 2.75) is 6.04 Å². The number of hydrogen-bond acceptors (Lipinski definition) is 6. The number of aromatic nitrogens is 6. The fourth-order valence-electron chi connectivity index (χ4n) is 2.70. The molecule has 118 valence electrons. The summed E-state index contributed by atoms with van der Waals surface area (Å²) >= 11 is 0. The molecule has 0 unspecified atom stereocenters. The molecule has 0 aliphatic carbocycles. The molecule has 4 rings (SSSR count). The number of aryl methyl sites for hydroxylation is 1. The normalized spacial score (nSPS) is 15.6. The number of nitrogens with zero attached hydrogens (tertiary/aromatic N) is 7. The molecule has 4 heterocycles. The van der Waals surface area contributed by atoms with Crippen molar-refractivity contribution < 1.29 is 0 Å². The van der Waals surface area contributed by atoms with E-state index in [0.29, 0.717) is 12.0 Å². The molecule has 0 aromatic carbocycles. The first kappa shape index (κ1) is 13.9. The van der Waals surface area contributed by atoms with Gasteiger partial charge in [-0.2, -0.15) is 10.2 Å². The van der Waals surface area contributed by atoms with Crippen LogP contribution in [0.15, 0.2) is 37.1 Å². The molecule has 0 saturated carbocycles. The van der Waals surface area contributed by atoms with Crippen molar-refractivity contribution in [2.75, 3.05) is 25.5 Å². The van der Waals surface area contributed by atoms with Gasteiger partial charge in [0.05, 0.1) is 29.8 Å². The third-order valence-electron chi connectivity index (χ3n) is 3.93. The van der Waals surface area contributed by atoms with Gasteiger partial charge in [0.2, 0.25) is 5.95 Å². The molecule has 0 spiro atoms. The monoisotopic (exact) mass is 310 g/mol. The van der Waals surface area contributed by atoms with Gasteiger partial charge >= 0.3 is 0 Å². The van der Waals surface area contributed by atoms with E-state index < -0.39 is 0 Å². The van der Waals surface area contributed by atoms with Gasteiger partial charge in [0.25, 0.3) is 0 Å². The average Bonchev–Trinajstić information content (AvgIpc) is 3.14. The second-order valence-corrected chi connectivity index (χ2v) is 5.88. The van der Waals surface area contributed by atoms with Crippen molar-refractivity contribution in [3.05, 3.63) is 37.1 Å². The van der Waals surface area contributed by atoms with Gasteiger partial charge < -0.3 is 10.2 Å². The molecule has 0 atom stereocenters. The molecule has 23 heavy (non-hydrogen) atoms. The van der Waals surface area contributed by atoms with Crippen LogP contribution in [0.1, 0.15) is 6.04 Å². The second-order valence-electron chi connectivity index (χ2n) is 5.88. The van der Waals surface area contributed by atoms with Crippen LogP contribution in [0.25, 0.3) is 11.3 Å². The van der Waals surface area contributed by atoms with E-state index in [-0.39, 0.29) is 0 Å². The minimum absolute atomic E-state index is 0.462. The molecule has 3 aromatic heterocycles. The molecule has 0 radical (unpaired) electrons. The van der Waals surface area contributed by atoms with Gasteiger partial charge in [-0.15, -0.1) is 0 Å². The molecule has 0 amide bonds. The fourth-order valence-corrected chi connectivity index (χ4v) is 2.70. The summed E-state index contributed by atoms with van der Waals surface area (Å²) in [6.45, 7) is 2.08. The molecule has 1 N–H and O–H groups in total. The largest absolute Gasteiger partial charge is 0.321 e. The van der Waals surface area contributed by atoms with Crippen LogP contribution in [0.5, 0.6) is 0 Å². The van der Waals surface area contributed by atoms with Crippen molar-refractivity contribution in [3.63, 3.8) is 0 Å². The summed E-state index contributed by atoms with van der Waals surface area (Å²) in [7, 11) is 3.98. The Labute approximate surface area is 133 Å². The summed E-state index contributed by atoms with van der Waals surface area (Å²) in [4.78, 5) is 11.1. The molecule has 3 aromatic rings. The van der Waals surface area contributed by atoms with Gasteiger partial charge in [0, 0.05) is 44.3 Å². The summed E-state index contributed by atoms with van der Waals surface area (Å²) < 4.78 is 3.75. The van der Waals surface area contributed by atoms with Crippen molar-refractivity contribution in [2.24, 2.45) is 7.05 Å². The summed E-state index contributed by atoms with van der Waals surface area (Å²) in [5, 5.41) is 11.7. The topological polar surface area (TPSA) is 76.7 Å². The van der Waals surface area contributed by atoms with Crippen LogP contribution >= 0.6 is 0 Å². The first-order valence-corrected chi connectivity index (χ1v) is 7.49. The number of rotatable bonds is 4. The predicted octanol–water partition coefficient (Wildman–Crippen LogP) is 1.30. The number of likely N-dealkylation sites (N-methyl/N-ethyl adjacent to an activating group) is 1. The summed E-state index contributed by atoms with van der Waals surface area (Å²) in [6.07, 6.45) is 9.26. The van der Waals surface area contributed by atoms with E-state index in [1.54, 1.807) is 17.1 Å². The maximum Gasteiger partial charge on any atom is 0.227 e. The highest BCUT2D eigenvalue weighted by Crippen LogP contribution is 2.23. The third kappa shape index (κ3) is 2.80. The van der Waals surface area contributed by atoms with Gasteiger partial charge in [-0.25, -0.2) is 9.97 Å². The molecule has 1 fully saturated rings. The Kier molecular flexibility index (Phi) is 3.30. The van der Waals surface area contributed by atoms with Crippen LogP contribution in [0.3, 0.4) is 0 Å². The maximum absolute atomic E-state index is 4.56. The van der Waals surface area contributed by atoms with E-state index in [0.717, 1.165) is 30.0 Å². The minimum Gasteiger partial charge on any atom is -0.321 e. The average molecular weight is 310 g/mol. The lowest BCUT2D eigenvalue weighted by atomic mass is 10.1. The highest BCUT2D eigenvalue weighted by molar-refractivity contribution is 5.60. The Morgan fingerprint density at radius 1 is 1.13 bits per heavy atom. The molecular weight excluding hydrogens is 292 g/mol. The van der Waals surface area contributed by atoms with E-state index in [4.69, 9.17) is 0 Å². The van der Waals surface area contributed by atoms with Gasteiger partial charge in [0.15, 0.2) is 0 Å². The van der Waals surface area contributed by atoms with Crippen LogP contribution in [-0.4, -0.2) is 54.6 Å². The van der Waals surface area contributed by atoms with Crippen LogP contribution in [-0.2, 0) is 7.05 Å². The van der Waals surface area contributed by atoms with E-state index in [1.807, 2.05) is 36.4 Å². The lowest BCUT2D eigenvalue weighted by Gasteiger charge is -2.36. The molecule has 1 aliphatic rings. The highest BCUT2D eigenvalue weighted by atomic mass is 15.4. The van der Waals surface area contributed by atoms with Gasteiger partial charge in [-0.05, 0) is 13.1 Å². The van der Waals surface area contributed by atoms with Crippen LogP contribution in [0, 0.1) is 0 Å². The zero-order valence-corrected chi connectivity index (χ0v) is 13.1. The Balaban J connectivity index is 1.54. The molecular formula is C15H18N8. The molecule has 1 saturated heterocycles. The first-order chi connectivity index (χ1) is 11.2. The standard InChI is InChI=1S/C15H18N8/c1-21-9-13(10-21)23-7-11(5-18-23)14-3-4-16-15(20-14)19-12-6-17-22(2)8-12/h3-8,13H,9-10H2,1-2H3,(H,16,19,20). The van der Waals surface area contributed by atoms with Crippen LogP contribution in [0.4, 0.5) is 11.6 Å². The molecule has 8 nitrogen and oxygen atoms in total. The lowest BCUT2D eigenvalue weighted by molar-refractivity contribution is 0.130. The predicted molar refractivity (Wildman–Crippen MR) is 86.3 cm³/mol. The van der Waals surface area contributed by atoms with Gasteiger partial charge in [0.1, 0.15) is 0 Å². The van der Waals surface area contributed by atoms with Crippen LogP contribution < -0.4 is 5.32 Å². The Bertz CT molecular complexity index is 814. The second kappa shape index (κ2) is 5.47. The maximum atomic E-state index is 4.56. The Morgan fingerprint density at radius 2 is 2.00 bits per heavy atom. The SMILES string of the molecule is CN1CC(n2cc(-c3ccnc(Nc4cnn(C)c4)n3)cn2)C1. The van der Waals surface area contributed by atoms with Gasteiger partial charge in [-0.3, -0.25) is 9.36 Å². The first-order valence-electron chi connectivity index (χ1n) is 7.49. The summed E-state index contributed by atoms with van der Waals surface area (Å²) in [6, 6.07) is 2.35. The van der Waals surface area contributed by atoms with E-state index in [9.17, 15) is 0 Å². The molecule has 1 aliphatic heterocycles. The molecule has 0 bridgehead atoms.